The molecule has 6 rings (SSSR count). The van der Waals surface area contributed by atoms with Crippen molar-refractivity contribution in [1.82, 2.24) is 20.2 Å². The third-order valence-corrected chi connectivity index (χ3v) is 7.50. The van der Waals surface area contributed by atoms with Crippen LogP contribution in [0, 0.1) is 5.92 Å². The maximum absolute atomic E-state index is 6.23. The van der Waals surface area contributed by atoms with E-state index in [4.69, 9.17) is 9.47 Å². The number of anilines is 3. The summed E-state index contributed by atoms with van der Waals surface area (Å²) in [4.78, 5) is 14.1. The number of ether oxygens (including phenoxy) is 2. The van der Waals surface area contributed by atoms with Crippen LogP contribution in [0.5, 0.6) is 5.75 Å². The molecule has 4 aliphatic heterocycles. The molecule has 3 saturated heterocycles. The fourth-order valence-electron chi connectivity index (χ4n) is 5.51. The van der Waals surface area contributed by atoms with Crippen LogP contribution in [0.4, 0.5) is 17.3 Å². The Bertz CT molecular complexity index is 975. The SMILES string of the molecule is C[C@@H]1CN(C2CNC2)CC[C@@H]1c1ccc2c(c1)Nc1ncnc(N3CCOCC3)c1CO2. The summed E-state index contributed by atoms with van der Waals surface area (Å²) < 4.78 is 11.7. The van der Waals surface area contributed by atoms with E-state index < -0.39 is 0 Å². The summed E-state index contributed by atoms with van der Waals surface area (Å²) in [7, 11) is 0. The monoisotopic (exact) mass is 436 g/mol. The number of hydrogen-bond donors (Lipinski definition) is 2. The number of rotatable bonds is 3. The van der Waals surface area contributed by atoms with E-state index in [0.29, 0.717) is 18.4 Å². The van der Waals surface area contributed by atoms with Crippen LogP contribution >= 0.6 is 0 Å². The molecule has 0 saturated carbocycles. The molecule has 2 aromatic rings. The minimum Gasteiger partial charge on any atom is -0.486 e. The van der Waals surface area contributed by atoms with Crippen LogP contribution in [0.25, 0.3) is 0 Å². The van der Waals surface area contributed by atoms with Gasteiger partial charge in [-0.15, -0.1) is 0 Å². The molecule has 4 aliphatic rings. The first-order valence-electron chi connectivity index (χ1n) is 11.9. The molecule has 2 atom stereocenters. The lowest BCUT2D eigenvalue weighted by Crippen LogP contribution is -2.59. The summed E-state index contributed by atoms with van der Waals surface area (Å²) in [6.45, 7) is 10.6. The highest BCUT2D eigenvalue weighted by molar-refractivity contribution is 5.71. The van der Waals surface area contributed by atoms with E-state index in [1.54, 1.807) is 6.33 Å². The molecule has 0 spiro atoms. The summed E-state index contributed by atoms with van der Waals surface area (Å²) >= 11 is 0. The van der Waals surface area contributed by atoms with Gasteiger partial charge in [0.1, 0.15) is 30.3 Å². The van der Waals surface area contributed by atoms with Crippen LogP contribution in [0.3, 0.4) is 0 Å². The average Bonchev–Trinajstić information content (AvgIpc) is 2.97. The summed E-state index contributed by atoms with van der Waals surface area (Å²) in [6, 6.07) is 7.40. The summed E-state index contributed by atoms with van der Waals surface area (Å²) in [6.07, 6.45) is 2.86. The third kappa shape index (κ3) is 3.70. The van der Waals surface area contributed by atoms with Gasteiger partial charge in [0.25, 0.3) is 0 Å². The molecular weight excluding hydrogens is 404 g/mol. The molecule has 0 radical (unpaired) electrons. The van der Waals surface area contributed by atoms with Crippen molar-refractivity contribution in [3.63, 3.8) is 0 Å². The van der Waals surface area contributed by atoms with Gasteiger partial charge in [-0.05, 0) is 42.5 Å². The molecule has 0 aliphatic carbocycles. The Morgan fingerprint density at radius 3 is 2.75 bits per heavy atom. The lowest BCUT2D eigenvalue weighted by atomic mass is 9.80. The van der Waals surface area contributed by atoms with Crippen molar-refractivity contribution in [2.75, 3.05) is 62.7 Å². The number of benzene rings is 1. The first kappa shape index (κ1) is 20.2. The molecular formula is C24H32N6O2. The van der Waals surface area contributed by atoms with Crippen LogP contribution in [-0.4, -0.2) is 73.4 Å². The molecule has 1 aromatic heterocycles. The average molecular weight is 437 g/mol. The molecule has 1 aromatic carbocycles. The Hall–Kier alpha value is -2.42. The highest BCUT2D eigenvalue weighted by atomic mass is 16.5. The fourth-order valence-corrected chi connectivity index (χ4v) is 5.51. The summed E-state index contributed by atoms with van der Waals surface area (Å²) in [5, 5.41) is 6.98. The lowest BCUT2D eigenvalue weighted by Gasteiger charge is -2.45. The Kier molecular flexibility index (Phi) is 5.37. The highest BCUT2D eigenvalue weighted by Crippen LogP contribution is 2.40. The van der Waals surface area contributed by atoms with Crippen LogP contribution in [0.2, 0.25) is 0 Å². The van der Waals surface area contributed by atoms with E-state index >= 15 is 0 Å². The molecule has 0 amide bonds. The number of nitrogens with one attached hydrogen (secondary N) is 2. The fraction of sp³-hybridized carbons (Fsp3) is 0.583. The molecule has 5 heterocycles. The predicted molar refractivity (Wildman–Crippen MR) is 124 cm³/mol. The van der Waals surface area contributed by atoms with Crippen LogP contribution in [-0.2, 0) is 11.3 Å². The molecule has 2 N–H and O–H groups in total. The van der Waals surface area contributed by atoms with E-state index in [-0.39, 0.29) is 0 Å². The van der Waals surface area contributed by atoms with Gasteiger partial charge in [-0.3, -0.25) is 4.90 Å². The zero-order valence-electron chi connectivity index (χ0n) is 18.7. The molecule has 0 unspecified atom stereocenters. The minimum atomic E-state index is 0.465. The topological polar surface area (TPSA) is 74.8 Å². The largest absolute Gasteiger partial charge is 0.486 e. The lowest BCUT2D eigenvalue weighted by molar-refractivity contribution is 0.0844. The number of morpholine rings is 1. The van der Waals surface area contributed by atoms with Gasteiger partial charge >= 0.3 is 0 Å². The van der Waals surface area contributed by atoms with E-state index in [0.717, 1.165) is 74.1 Å². The van der Waals surface area contributed by atoms with Gasteiger partial charge < -0.3 is 25.0 Å². The Balaban J connectivity index is 1.23. The van der Waals surface area contributed by atoms with Crippen molar-refractivity contribution in [3.05, 3.63) is 35.7 Å². The molecule has 3 fully saturated rings. The second-order valence-electron chi connectivity index (χ2n) is 9.47. The molecule has 8 heteroatoms. The van der Waals surface area contributed by atoms with Crippen LogP contribution < -0.4 is 20.3 Å². The highest BCUT2D eigenvalue weighted by Gasteiger charge is 2.33. The van der Waals surface area contributed by atoms with E-state index in [9.17, 15) is 0 Å². The second-order valence-corrected chi connectivity index (χ2v) is 9.47. The van der Waals surface area contributed by atoms with Crippen LogP contribution in [0.15, 0.2) is 24.5 Å². The maximum Gasteiger partial charge on any atom is 0.143 e. The molecule has 32 heavy (non-hydrogen) atoms. The number of likely N-dealkylation sites (tertiary alicyclic amines) is 1. The van der Waals surface area contributed by atoms with Crippen molar-refractivity contribution >= 4 is 17.3 Å². The number of aromatic nitrogens is 2. The Labute approximate surface area is 189 Å². The van der Waals surface area contributed by atoms with E-state index in [2.05, 4.69) is 55.5 Å². The van der Waals surface area contributed by atoms with Crippen LogP contribution in [0.1, 0.15) is 30.4 Å². The normalized spacial score (nSPS) is 26.2. The van der Waals surface area contributed by atoms with Gasteiger partial charge in [-0.2, -0.15) is 0 Å². The molecule has 170 valence electrons. The van der Waals surface area contributed by atoms with Crippen molar-refractivity contribution in [1.29, 1.82) is 0 Å². The number of hydrogen-bond acceptors (Lipinski definition) is 8. The van der Waals surface area contributed by atoms with E-state index in [1.165, 1.54) is 25.1 Å². The number of piperidine rings is 1. The summed E-state index contributed by atoms with van der Waals surface area (Å²) in [5.74, 6) is 3.88. The molecule has 8 nitrogen and oxygen atoms in total. The summed E-state index contributed by atoms with van der Waals surface area (Å²) in [5.41, 5.74) is 3.42. The Morgan fingerprint density at radius 2 is 1.97 bits per heavy atom. The van der Waals surface area contributed by atoms with Gasteiger partial charge in [-0.25, -0.2) is 9.97 Å². The number of fused-ring (bicyclic) bond motifs is 2. The quantitative estimate of drug-likeness (QED) is 0.760. The number of nitrogens with zero attached hydrogens (tertiary/aromatic N) is 4. The van der Waals surface area contributed by atoms with Gasteiger partial charge in [-0.1, -0.05) is 13.0 Å². The minimum absolute atomic E-state index is 0.465. The Morgan fingerprint density at radius 1 is 1.09 bits per heavy atom. The third-order valence-electron chi connectivity index (χ3n) is 7.50. The zero-order valence-corrected chi connectivity index (χ0v) is 18.7. The second kappa shape index (κ2) is 8.50. The first-order valence-corrected chi connectivity index (χ1v) is 11.9. The molecule has 0 bridgehead atoms. The maximum atomic E-state index is 6.23. The smallest absolute Gasteiger partial charge is 0.143 e. The van der Waals surface area contributed by atoms with E-state index in [1.807, 2.05) is 0 Å². The van der Waals surface area contributed by atoms with Gasteiger partial charge in [0.2, 0.25) is 0 Å². The van der Waals surface area contributed by atoms with Gasteiger partial charge in [0, 0.05) is 38.8 Å². The van der Waals surface area contributed by atoms with Crippen molar-refractivity contribution in [3.8, 4) is 5.75 Å². The predicted octanol–water partition coefficient (Wildman–Crippen LogP) is 2.35. The first-order chi connectivity index (χ1) is 15.8. The standard InChI is InChI=1S/C24H32N6O2/c1-16-13-30(18-11-25-12-18)5-4-19(16)17-2-3-22-21(10-17)28-23-20(14-32-22)24(27-15-26-23)29-6-8-31-9-7-29/h2-3,10,15-16,18-19,25H,4-9,11-14H2,1H3,(H,26,27,28)/t16-,19+/m1/s1. The van der Waals surface area contributed by atoms with Gasteiger partial charge in [0.05, 0.1) is 24.5 Å². The van der Waals surface area contributed by atoms with Gasteiger partial charge in [0.15, 0.2) is 0 Å². The van der Waals surface area contributed by atoms with Crippen molar-refractivity contribution in [2.24, 2.45) is 5.92 Å². The van der Waals surface area contributed by atoms with Crippen molar-refractivity contribution < 1.29 is 9.47 Å². The zero-order chi connectivity index (χ0) is 21.5. The van der Waals surface area contributed by atoms with Crippen molar-refractivity contribution in [2.45, 2.75) is 31.9 Å².